The second-order valence-corrected chi connectivity index (χ2v) is 8.42. The third-order valence-corrected chi connectivity index (χ3v) is 5.02. The summed E-state index contributed by atoms with van der Waals surface area (Å²) in [5.41, 5.74) is 3.60. The Morgan fingerprint density at radius 3 is 2.48 bits per heavy atom. The summed E-state index contributed by atoms with van der Waals surface area (Å²) in [5.74, 6) is 0.675. The first-order valence-electron chi connectivity index (χ1n) is 10.1. The minimum atomic E-state index is -0.690. The number of carbonyl (C=O) groups excluding carboxylic acids is 2. The summed E-state index contributed by atoms with van der Waals surface area (Å²) in [4.78, 5) is 29.8. The highest BCUT2D eigenvalue weighted by Gasteiger charge is 2.39. The summed E-state index contributed by atoms with van der Waals surface area (Å²) >= 11 is 0. The van der Waals surface area contributed by atoms with Crippen LogP contribution >= 0.6 is 9.24 Å². The molecule has 1 aliphatic heterocycles. The van der Waals surface area contributed by atoms with E-state index in [4.69, 9.17) is 4.74 Å². The fraction of sp³-hybridized carbons (Fsp3) is 0.391. The van der Waals surface area contributed by atoms with Crippen LogP contribution < -0.4 is 5.32 Å². The van der Waals surface area contributed by atoms with E-state index in [0.29, 0.717) is 36.8 Å². The Labute approximate surface area is 187 Å². The fourth-order valence-corrected chi connectivity index (χ4v) is 3.57. The van der Waals surface area contributed by atoms with Gasteiger partial charge in [0.05, 0.1) is 0 Å². The number of rotatable bonds is 10. The van der Waals surface area contributed by atoms with E-state index in [9.17, 15) is 9.59 Å². The molecule has 2 unspecified atom stereocenters. The molecule has 7 nitrogen and oxygen atoms in total. The first-order chi connectivity index (χ1) is 14.7. The van der Waals surface area contributed by atoms with Gasteiger partial charge in [-0.2, -0.15) is 0 Å². The van der Waals surface area contributed by atoms with Crippen molar-refractivity contribution in [2.75, 3.05) is 26.8 Å². The molecule has 0 radical (unpaired) electrons. The maximum Gasteiger partial charge on any atom is 0.273 e. The number of allylic oxidation sites excluding steroid dienone is 2. The largest absolute Gasteiger partial charge is 0.453 e. The molecule has 31 heavy (non-hydrogen) atoms. The van der Waals surface area contributed by atoms with E-state index in [2.05, 4.69) is 21.1 Å². The van der Waals surface area contributed by atoms with Gasteiger partial charge in [-0.25, -0.2) is 0 Å². The molecule has 0 saturated carbocycles. The average Bonchev–Trinajstić information content (AvgIpc) is 3.05. The van der Waals surface area contributed by atoms with Gasteiger partial charge in [0.2, 0.25) is 6.41 Å². The summed E-state index contributed by atoms with van der Waals surface area (Å²) in [6, 6.07) is 8.10. The van der Waals surface area contributed by atoms with E-state index in [1.807, 2.05) is 56.0 Å². The number of ether oxygens (including phenoxy) is 1. The van der Waals surface area contributed by atoms with Crippen LogP contribution in [-0.2, 0) is 20.9 Å². The Morgan fingerprint density at radius 1 is 1.29 bits per heavy atom. The fourth-order valence-electron chi connectivity index (χ4n) is 3.18. The summed E-state index contributed by atoms with van der Waals surface area (Å²) in [7, 11) is 5.98. The van der Waals surface area contributed by atoms with Crippen molar-refractivity contribution in [3.8, 4) is 0 Å². The monoisotopic (exact) mass is 444 g/mol. The van der Waals surface area contributed by atoms with E-state index < -0.39 is 6.35 Å². The number of hydrogen-bond acceptors (Lipinski definition) is 5. The maximum atomic E-state index is 13.4. The third kappa shape index (κ3) is 6.34. The van der Waals surface area contributed by atoms with Crippen molar-refractivity contribution in [3.63, 3.8) is 0 Å². The van der Waals surface area contributed by atoms with Crippen LogP contribution in [0.5, 0.6) is 0 Å². The number of carbonyl (C=O) groups is 2. The lowest BCUT2D eigenvalue weighted by molar-refractivity contribution is -0.128. The lowest BCUT2D eigenvalue weighted by Gasteiger charge is -2.30. The van der Waals surface area contributed by atoms with Gasteiger partial charge in [-0.15, -0.1) is 9.24 Å². The number of hydrogen-bond donors (Lipinski definition) is 1. The van der Waals surface area contributed by atoms with Gasteiger partial charge in [-0.3, -0.25) is 9.59 Å². The SMILES string of the molecule is C=C(C=C(C)C)OC1NC(N(C)C=O)=C(C(=O)N(C)CCP)N1Cc1ccc(C)cc1. The number of amides is 2. The molecule has 0 spiro atoms. The summed E-state index contributed by atoms with van der Waals surface area (Å²) < 4.78 is 6.06. The summed E-state index contributed by atoms with van der Waals surface area (Å²) in [5, 5.41) is 3.19. The molecule has 1 aromatic rings. The zero-order chi connectivity index (χ0) is 23.1. The summed E-state index contributed by atoms with van der Waals surface area (Å²) in [6.07, 6.45) is 2.56. The van der Waals surface area contributed by atoms with Gasteiger partial charge in [0.15, 0.2) is 0 Å². The molecule has 2 rings (SSSR count). The van der Waals surface area contributed by atoms with Crippen LogP contribution in [0.15, 0.2) is 59.8 Å². The molecule has 8 heteroatoms. The van der Waals surface area contributed by atoms with Crippen molar-refractivity contribution in [1.29, 1.82) is 0 Å². The predicted octanol–water partition coefficient (Wildman–Crippen LogP) is 2.77. The normalized spacial score (nSPS) is 15.3. The first-order valence-corrected chi connectivity index (χ1v) is 11.0. The van der Waals surface area contributed by atoms with Crippen molar-refractivity contribution < 1.29 is 14.3 Å². The molecule has 1 N–H and O–H groups in total. The maximum absolute atomic E-state index is 13.4. The molecule has 1 aliphatic rings. The van der Waals surface area contributed by atoms with Crippen LogP contribution in [0.4, 0.5) is 0 Å². The van der Waals surface area contributed by atoms with Gasteiger partial charge in [0, 0.05) is 27.2 Å². The Bertz CT molecular complexity index is 875. The van der Waals surface area contributed by atoms with Crippen molar-refractivity contribution in [2.45, 2.75) is 33.7 Å². The molecule has 0 bridgehead atoms. The molecule has 2 amide bonds. The Balaban J connectivity index is 2.48. The quantitative estimate of drug-likeness (QED) is 0.260. The van der Waals surface area contributed by atoms with E-state index in [0.717, 1.165) is 22.9 Å². The number of nitrogens with zero attached hydrogens (tertiary/aromatic N) is 3. The van der Waals surface area contributed by atoms with Gasteiger partial charge < -0.3 is 24.8 Å². The molecule has 1 aromatic carbocycles. The molecular weight excluding hydrogens is 411 g/mol. The van der Waals surface area contributed by atoms with Gasteiger partial charge in [0.1, 0.15) is 17.3 Å². The van der Waals surface area contributed by atoms with Gasteiger partial charge in [-0.05, 0) is 38.6 Å². The van der Waals surface area contributed by atoms with E-state index in [-0.39, 0.29) is 5.91 Å². The molecule has 0 aromatic heterocycles. The zero-order valence-corrected chi connectivity index (χ0v) is 20.2. The van der Waals surface area contributed by atoms with E-state index in [1.165, 1.54) is 4.90 Å². The number of likely N-dealkylation sites (N-methyl/N-ethyl adjacent to an activating group) is 1. The Morgan fingerprint density at radius 2 is 1.94 bits per heavy atom. The second kappa shape index (κ2) is 11.0. The Kier molecular flexibility index (Phi) is 8.69. The van der Waals surface area contributed by atoms with E-state index >= 15 is 0 Å². The van der Waals surface area contributed by atoms with Gasteiger partial charge >= 0.3 is 0 Å². The first kappa shape index (κ1) is 24.5. The van der Waals surface area contributed by atoms with Crippen LogP contribution in [0.2, 0.25) is 0 Å². The lowest BCUT2D eigenvalue weighted by atomic mass is 10.1. The molecule has 0 aliphatic carbocycles. The molecule has 1 heterocycles. The molecular formula is C23H33N4O3P. The van der Waals surface area contributed by atoms with Crippen molar-refractivity contribution in [2.24, 2.45) is 0 Å². The standard InChI is InChI=1S/C23H33N4O3P/c1-16(2)13-18(4)30-23-24-21(26(6)15-28)20(22(29)25(5)11-12-31)27(23)14-19-9-7-17(3)8-10-19/h7-10,13,15,23-24H,4,11-12,14,31H2,1-3,5-6H3. The van der Waals surface area contributed by atoms with Gasteiger partial charge in [0.25, 0.3) is 12.3 Å². The number of benzene rings is 1. The highest BCUT2D eigenvalue weighted by atomic mass is 31.0. The predicted molar refractivity (Wildman–Crippen MR) is 126 cm³/mol. The van der Waals surface area contributed by atoms with Crippen molar-refractivity contribution in [1.82, 2.24) is 20.0 Å². The molecule has 168 valence electrons. The zero-order valence-electron chi connectivity index (χ0n) is 19.0. The van der Waals surface area contributed by atoms with E-state index in [1.54, 1.807) is 19.0 Å². The smallest absolute Gasteiger partial charge is 0.273 e. The molecule has 0 saturated heterocycles. The number of aryl methyl sites for hydroxylation is 1. The Hall–Kier alpha value is -2.79. The third-order valence-electron chi connectivity index (χ3n) is 4.77. The second-order valence-electron chi connectivity index (χ2n) is 7.84. The molecule has 2 atom stereocenters. The average molecular weight is 445 g/mol. The minimum absolute atomic E-state index is 0.190. The van der Waals surface area contributed by atoms with Gasteiger partial charge in [-0.1, -0.05) is 42.0 Å². The lowest BCUT2D eigenvalue weighted by Crippen LogP contribution is -2.42. The van der Waals surface area contributed by atoms with Crippen LogP contribution in [-0.4, -0.2) is 60.2 Å². The minimum Gasteiger partial charge on any atom is -0.453 e. The summed E-state index contributed by atoms with van der Waals surface area (Å²) in [6.45, 7) is 10.9. The van der Waals surface area contributed by atoms with Crippen molar-refractivity contribution >= 4 is 21.6 Å². The van der Waals surface area contributed by atoms with Crippen LogP contribution in [0, 0.1) is 6.92 Å². The number of nitrogens with one attached hydrogen (secondary N) is 1. The molecule has 0 fully saturated rings. The highest BCUT2D eigenvalue weighted by Crippen LogP contribution is 2.28. The van der Waals surface area contributed by atoms with Crippen LogP contribution in [0.3, 0.4) is 0 Å². The highest BCUT2D eigenvalue weighted by molar-refractivity contribution is 7.16. The van der Waals surface area contributed by atoms with Crippen molar-refractivity contribution in [3.05, 3.63) is 70.9 Å². The van der Waals surface area contributed by atoms with Crippen LogP contribution in [0.25, 0.3) is 0 Å². The van der Waals surface area contributed by atoms with Crippen LogP contribution in [0.1, 0.15) is 25.0 Å². The topological polar surface area (TPSA) is 65.1 Å².